The van der Waals surface area contributed by atoms with E-state index in [9.17, 15) is 8.42 Å². The van der Waals surface area contributed by atoms with Crippen molar-refractivity contribution in [2.24, 2.45) is 0 Å². The molecule has 100 valence electrons. The molecule has 1 aromatic rings. The molecule has 1 aromatic carbocycles. The van der Waals surface area contributed by atoms with Crippen LogP contribution < -0.4 is 14.8 Å². The van der Waals surface area contributed by atoms with Gasteiger partial charge in [0.05, 0.1) is 12.4 Å². The van der Waals surface area contributed by atoms with E-state index in [2.05, 4.69) is 10.0 Å². The Hall–Kier alpha value is -1.27. The van der Waals surface area contributed by atoms with Gasteiger partial charge in [-0.25, -0.2) is 8.42 Å². The molecule has 0 aliphatic carbocycles. The minimum Gasteiger partial charge on any atom is -0.497 e. The number of rotatable bonds is 4. The van der Waals surface area contributed by atoms with Crippen LogP contribution in [0.15, 0.2) is 24.3 Å². The molecule has 1 heterocycles. The lowest BCUT2D eigenvalue weighted by molar-refractivity contribution is 0.415. The number of anilines is 1. The zero-order valence-electron chi connectivity index (χ0n) is 10.3. The smallest absolute Gasteiger partial charge is 0.236 e. The number of hydrogen-bond acceptors (Lipinski definition) is 4. The van der Waals surface area contributed by atoms with Crippen LogP contribution in [0.5, 0.6) is 5.75 Å². The third-order valence-electron chi connectivity index (χ3n) is 3.04. The van der Waals surface area contributed by atoms with Gasteiger partial charge in [0.15, 0.2) is 0 Å². The lowest BCUT2D eigenvalue weighted by atomic mass is 10.2. The number of benzene rings is 1. The van der Waals surface area contributed by atoms with Crippen molar-refractivity contribution < 1.29 is 13.2 Å². The maximum atomic E-state index is 12.1. The first-order valence-corrected chi connectivity index (χ1v) is 7.53. The average Bonchev–Trinajstić information content (AvgIpc) is 2.40. The summed E-state index contributed by atoms with van der Waals surface area (Å²) >= 11 is 0. The molecule has 0 amide bonds. The van der Waals surface area contributed by atoms with E-state index in [1.54, 1.807) is 31.4 Å². The zero-order valence-corrected chi connectivity index (χ0v) is 11.2. The molecular weight excluding hydrogens is 252 g/mol. The largest absolute Gasteiger partial charge is 0.497 e. The molecule has 0 spiro atoms. The van der Waals surface area contributed by atoms with Crippen LogP contribution in [0.25, 0.3) is 0 Å². The van der Waals surface area contributed by atoms with Crippen molar-refractivity contribution >= 4 is 15.7 Å². The van der Waals surface area contributed by atoms with Crippen LogP contribution in [-0.4, -0.2) is 33.9 Å². The summed E-state index contributed by atoms with van der Waals surface area (Å²) < 4.78 is 31.9. The predicted octanol–water partition coefficient (Wildman–Crippen LogP) is 1.19. The Morgan fingerprint density at radius 1 is 1.33 bits per heavy atom. The molecule has 0 bridgehead atoms. The molecule has 1 aliphatic rings. The van der Waals surface area contributed by atoms with Gasteiger partial charge >= 0.3 is 0 Å². The summed E-state index contributed by atoms with van der Waals surface area (Å²) in [4.78, 5) is 0. The second-order valence-electron chi connectivity index (χ2n) is 4.34. The summed E-state index contributed by atoms with van der Waals surface area (Å²) in [5.74, 6) is 0.706. The van der Waals surface area contributed by atoms with Gasteiger partial charge in [-0.2, -0.15) is 0 Å². The van der Waals surface area contributed by atoms with E-state index in [1.807, 2.05) is 0 Å². The van der Waals surface area contributed by atoms with Crippen LogP contribution in [0.4, 0.5) is 5.69 Å². The van der Waals surface area contributed by atoms with Gasteiger partial charge in [0, 0.05) is 12.2 Å². The Morgan fingerprint density at radius 2 is 2.06 bits per heavy atom. The maximum absolute atomic E-state index is 12.1. The number of methoxy groups -OCH3 is 1. The molecule has 2 rings (SSSR count). The minimum atomic E-state index is -3.31. The van der Waals surface area contributed by atoms with Gasteiger partial charge in [-0.15, -0.1) is 0 Å². The second-order valence-corrected chi connectivity index (χ2v) is 6.30. The van der Waals surface area contributed by atoms with Gasteiger partial charge in [0.25, 0.3) is 0 Å². The van der Waals surface area contributed by atoms with Crippen molar-refractivity contribution in [2.45, 2.75) is 18.1 Å². The van der Waals surface area contributed by atoms with Gasteiger partial charge in [-0.3, -0.25) is 4.72 Å². The van der Waals surface area contributed by atoms with E-state index in [0.717, 1.165) is 13.0 Å². The third kappa shape index (κ3) is 3.14. The van der Waals surface area contributed by atoms with Crippen LogP contribution in [0, 0.1) is 0 Å². The number of ether oxygens (including phenoxy) is 1. The zero-order chi connectivity index (χ0) is 13.0. The van der Waals surface area contributed by atoms with Gasteiger partial charge < -0.3 is 10.1 Å². The molecule has 1 aliphatic heterocycles. The highest BCUT2D eigenvalue weighted by Gasteiger charge is 2.26. The summed E-state index contributed by atoms with van der Waals surface area (Å²) in [6, 6.07) is 6.87. The lowest BCUT2D eigenvalue weighted by Crippen LogP contribution is -2.41. The Bertz CT molecular complexity index is 479. The Balaban J connectivity index is 2.06. The second kappa shape index (κ2) is 5.58. The summed E-state index contributed by atoms with van der Waals surface area (Å²) in [6.45, 7) is 1.42. The highest BCUT2D eigenvalue weighted by atomic mass is 32.2. The van der Waals surface area contributed by atoms with Crippen LogP contribution >= 0.6 is 0 Å². The summed E-state index contributed by atoms with van der Waals surface area (Å²) in [7, 11) is -1.73. The Kier molecular flexibility index (Phi) is 4.08. The van der Waals surface area contributed by atoms with E-state index >= 15 is 0 Å². The molecule has 1 atom stereocenters. The van der Waals surface area contributed by atoms with E-state index in [1.165, 1.54) is 0 Å². The molecule has 2 N–H and O–H groups in total. The fourth-order valence-electron chi connectivity index (χ4n) is 1.99. The van der Waals surface area contributed by atoms with Crippen molar-refractivity contribution in [3.05, 3.63) is 24.3 Å². The van der Waals surface area contributed by atoms with Crippen molar-refractivity contribution in [1.82, 2.24) is 5.32 Å². The molecule has 18 heavy (non-hydrogen) atoms. The number of sulfonamides is 1. The van der Waals surface area contributed by atoms with Gasteiger partial charge in [0.1, 0.15) is 5.75 Å². The number of nitrogens with one attached hydrogen (secondary N) is 2. The SMILES string of the molecule is COc1ccc(NS(=O)(=O)C2CCCNC2)cc1. The fourth-order valence-corrected chi connectivity index (χ4v) is 3.44. The Labute approximate surface area is 108 Å². The van der Waals surface area contributed by atoms with Crippen LogP contribution in [0.2, 0.25) is 0 Å². The molecule has 0 saturated carbocycles. The number of piperidine rings is 1. The molecule has 1 fully saturated rings. The molecule has 0 radical (unpaired) electrons. The van der Waals surface area contributed by atoms with Crippen molar-refractivity contribution in [3.63, 3.8) is 0 Å². The lowest BCUT2D eigenvalue weighted by Gasteiger charge is -2.23. The summed E-state index contributed by atoms with van der Waals surface area (Å²) in [5, 5.41) is 2.75. The predicted molar refractivity (Wildman–Crippen MR) is 71.4 cm³/mol. The van der Waals surface area contributed by atoms with E-state index in [-0.39, 0.29) is 5.25 Å². The van der Waals surface area contributed by atoms with Gasteiger partial charge in [-0.1, -0.05) is 0 Å². The molecule has 0 aromatic heterocycles. The highest BCUT2D eigenvalue weighted by Crippen LogP contribution is 2.19. The first-order valence-electron chi connectivity index (χ1n) is 5.98. The molecule has 1 saturated heterocycles. The molecule has 1 unspecified atom stereocenters. The van der Waals surface area contributed by atoms with Gasteiger partial charge in [0.2, 0.25) is 10.0 Å². The van der Waals surface area contributed by atoms with Crippen molar-refractivity contribution in [3.8, 4) is 5.75 Å². The first kappa shape index (κ1) is 13.2. The summed E-state index contributed by atoms with van der Waals surface area (Å²) in [6.07, 6.45) is 1.60. The molecule has 5 nitrogen and oxygen atoms in total. The monoisotopic (exact) mass is 270 g/mol. The normalized spacial score (nSPS) is 20.4. The molecule has 6 heteroatoms. The fraction of sp³-hybridized carbons (Fsp3) is 0.500. The van der Waals surface area contributed by atoms with Crippen LogP contribution in [0.1, 0.15) is 12.8 Å². The minimum absolute atomic E-state index is 0.353. The van der Waals surface area contributed by atoms with Crippen LogP contribution in [0.3, 0.4) is 0 Å². The number of hydrogen-bond donors (Lipinski definition) is 2. The topological polar surface area (TPSA) is 67.4 Å². The molecular formula is C12H18N2O3S. The highest BCUT2D eigenvalue weighted by molar-refractivity contribution is 7.93. The van der Waals surface area contributed by atoms with Crippen LogP contribution in [-0.2, 0) is 10.0 Å². The van der Waals surface area contributed by atoms with Gasteiger partial charge in [-0.05, 0) is 43.7 Å². The maximum Gasteiger partial charge on any atom is 0.236 e. The van der Waals surface area contributed by atoms with E-state index in [0.29, 0.717) is 24.4 Å². The van der Waals surface area contributed by atoms with E-state index < -0.39 is 10.0 Å². The van der Waals surface area contributed by atoms with Crippen molar-refractivity contribution in [2.75, 3.05) is 24.9 Å². The van der Waals surface area contributed by atoms with Crippen molar-refractivity contribution in [1.29, 1.82) is 0 Å². The van der Waals surface area contributed by atoms with E-state index in [4.69, 9.17) is 4.74 Å². The summed E-state index contributed by atoms with van der Waals surface area (Å²) in [5.41, 5.74) is 0.571. The average molecular weight is 270 g/mol. The standard InChI is InChI=1S/C12H18N2O3S/c1-17-11-6-4-10(5-7-11)14-18(15,16)12-3-2-8-13-9-12/h4-7,12-14H,2-3,8-9H2,1H3. The third-order valence-corrected chi connectivity index (χ3v) is 4.84. The quantitative estimate of drug-likeness (QED) is 0.862. The Morgan fingerprint density at radius 3 is 2.61 bits per heavy atom. The first-order chi connectivity index (χ1) is 8.62.